The number of benzene rings is 2. The van der Waals surface area contributed by atoms with Gasteiger partial charge in [0.2, 0.25) is 0 Å². The van der Waals surface area contributed by atoms with Crippen molar-refractivity contribution >= 4 is 18.1 Å². The van der Waals surface area contributed by atoms with Crippen LogP contribution >= 0.6 is 0 Å². The van der Waals surface area contributed by atoms with E-state index in [9.17, 15) is 9.59 Å². The maximum absolute atomic E-state index is 12.3. The van der Waals surface area contributed by atoms with Crippen molar-refractivity contribution in [1.29, 1.82) is 0 Å². The maximum Gasteiger partial charge on any atom is 0.337 e. The van der Waals surface area contributed by atoms with Gasteiger partial charge in [-0.05, 0) is 69.3 Å². The summed E-state index contributed by atoms with van der Waals surface area (Å²) in [5, 5.41) is 4.10. The number of rotatable bonds is 7. The Morgan fingerprint density at radius 2 is 1.81 bits per heavy atom. The second kappa shape index (κ2) is 9.75. The first-order valence-electron chi connectivity index (χ1n) is 9.88. The molecule has 0 bridgehead atoms. The molecule has 3 aromatic rings. The Bertz CT molecular complexity index is 1110. The van der Waals surface area contributed by atoms with Crippen LogP contribution in [0.2, 0.25) is 0 Å². The van der Waals surface area contributed by atoms with Crippen LogP contribution in [0.4, 0.5) is 0 Å². The van der Waals surface area contributed by atoms with Crippen LogP contribution < -0.4 is 10.2 Å². The van der Waals surface area contributed by atoms with Crippen molar-refractivity contribution < 1.29 is 19.1 Å². The minimum atomic E-state index is -0.386. The Kier molecular flexibility index (Phi) is 6.87. The highest BCUT2D eigenvalue weighted by molar-refractivity contribution is 5.95. The number of nitrogens with zero attached hydrogens (tertiary/aromatic N) is 2. The van der Waals surface area contributed by atoms with Gasteiger partial charge in [-0.15, -0.1) is 0 Å². The first kappa shape index (κ1) is 21.8. The van der Waals surface area contributed by atoms with Gasteiger partial charge in [0.25, 0.3) is 5.91 Å². The second-order valence-electron chi connectivity index (χ2n) is 6.86. The number of nitrogens with one attached hydrogen (secondary N) is 1. The molecule has 1 amide bonds. The molecule has 3 rings (SSSR count). The molecule has 1 aromatic heterocycles. The highest BCUT2D eigenvalue weighted by Gasteiger charge is 2.12. The zero-order valence-corrected chi connectivity index (χ0v) is 18.0. The van der Waals surface area contributed by atoms with Crippen LogP contribution in [0.25, 0.3) is 5.69 Å². The molecule has 7 nitrogen and oxygen atoms in total. The number of hydrazone groups is 1. The third kappa shape index (κ3) is 5.01. The van der Waals surface area contributed by atoms with E-state index >= 15 is 0 Å². The lowest BCUT2D eigenvalue weighted by atomic mass is 10.2. The molecule has 0 unspecified atom stereocenters. The SMILES string of the molecule is CCOc1ccc(C(=O)N/N=C/c2cc(C)n(-c3cccc(C(=O)OC)c3)c2C)cc1. The molecular formula is C24H25N3O4. The summed E-state index contributed by atoms with van der Waals surface area (Å²) in [7, 11) is 1.36. The Morgan fingerprint density at radius 1 is 1.06 bits per heavy atom. The topological polar surface area (TPSA) is 81.9 Å². The fourth-order valence-corrected chi connectivity index (χ4v) is 3.30. The number of ether oxygens (including phenoxy) is 2. The molecule has 0 aliphatic rings. The fourth-order valence-electron chi connectivity index (χ4n) is 3.30. The van der Waals surface area contributed by atoms with Gasteiger partial charge in [-0.3, -0.25) is 4.79 Å². The van der Waals surface area contributed by atoms with Crippen molar-refractivity contribution in [3.63, 3.8) is 0 Å². The molecule has 0 aliphatic heterocycles. The Hall–Kier alpha value is -3.87. The lowest BCUT2D eigenvalue weighted by Gasteiger charge is -2.11. The number of esters is 1. The van der Waals surface area contributed by atoms with Crippen LogP contribution in [-0.4, -0.2) is 36.4 Å². The molecule has 0 spiro atoms. The van der Waals surface area contributed by atoms with Crippen molar-refractivity contribution in [3.05, 3.63) is 82.7 Å². The van der Waals surface area contributed by atoms with Crippen molar-refractivity contribution in [3.8, 4) is 11.4 Å². The van der Waals surface area contributed by atoms with E-state index < -0.39 is 0 Å². The predicted molar refractivity (Wildman–Crippen MR) is 119 cm³/mol. The van der Waals surface area contributed by atoms with Crippen molar-refractivity contribution in [2.45, 2.75) is 20.8 Å². The average Bonchev–Trinajstić information content (AvgIpc) is 3.06. The van der Waals surface area contributed by atoms with E-state index in [0.717, 1.165) is 22.6 Å². The predicted octanol–water partition coefficient (Wildman–Crippen LogP) is 4.04. The smallest absolute Gasteiger partial charge is 0.337 e. The van der Waals surface area contributed by atoms with Crippen LogP contribution in [0.15, 0.2) is 59.7 Å². The highest BCUT2D eigenvalue weighted by atomic mass is 16.5. The number of hydrogen-bond acceptors (Lipinski definition) is 5. The summed E-state index contributed by atoms with van der Waals surface area (Å²) in [5.41, 5.74) is 7.11. The number of hydrogen-bond donors (Lipinski definition) is 1. The Labute approximate surface area is 181 Å². The molecule has 0 aliphatic carbocycles. The number of aryl methyl sites for hydroxylation is 1. The zero-order valence-electron chi connectivity index (χ0n) is 18.0. The lowest BCUT2D eigenvalue weighted by molar-refractivity contribution is 0.0600. The third-order valence-electron chi connectivity index (χ3n) is 4.79. The summed E-state index contributed by atoms with van der Waals surface area (Å²) in [6.45, 7) is 6.39. The molecule has 160 valence electrons. The summed E-state index contributed by atoms with van der Waals surface area (Å²) < 4.78 is 12.2. The molecule has 31 heavy (non-hydrogen) atoms. The van der Waals surface area contributed by atoms with Crippen LogP contribution in [0.1, 0.15) is 44.6 Å². The normalized spacial score (nSPS) is 10.8. The first-order chi connectivity index (χ1) is 14.9. The van der Waals surface area contributed by atoms with Crippen molar-refractivity contribution in [2.75, 3.05) is 13.7 Å². The minimum absolute atomic E-state index is 0.307. The molecule has 2 aromatic carbocycles. The standard InChI is InChI=1S/C24H25N3O4/c1-5-31-22-11-9-18(10-12-22)23(28)26-25-15-20-13-16(2)27(17(20)3)21-8-6-7-19(14-21)24(29)30-4/h6-15H,5H2,1-4H3,(H,26,28)/b25-15+. The van der Waals surface area contributed by atoms with Gasteiger partial charge < -0.3 is 14.0 Å². The van der Waals surface area contributed by atoms with E-state index in [2.05, 4.69) is 10.5 Å². The van der Waals surface area contributed by atoms with E-state index in [0.29, 0.717) is 23.5 Å². The van der Waals surface area contributed by atoms with E-state index in [1.54, 1.807) is 42.6 Å². The Balaban J connectivity index is 1.75. The highest BCUT2D eigenvalue weighted by Crippen LogP contribution is 2.21. The maximum atomic E-state index is 12.3. The second-order valence-corrected chi connectivity index (χ2v) is 6.86. The van der Waals surface area contributed by atoms with Gasteiger partial charge >= 0.3 is 5.97 Å². The summed E-state index contributed by atoms with van der Waals surface area (Å²) in [6.07, 6.45) is 1.61. The number of carbonyl (C=O) groups is 2. The van der Waals surface area contributed by atoms with E-state index in [1.807, 2.05) is 43.5 Å². The van der Waals surface area contributed by atoms with Crippen LogP contribution in [-0.2, 0) is 4.74 Å². The fraction of sp³-hybridized carbons (Fsp3) is 0.208. The molecule has 1 N–H and O–H groups in total. The van der Waals surface area contributed by atoms with Crippen LogP contribution in [0, 0.1) is 13.8 Å². The summed E-state index contributed by atoms with van der Waals surface area (Å²) in [6, 6.07) is 16.1. The summed E-state index contributed by atoms with van der Waals surface area (Å²) >= 11 is 0. The number of amides is 1. The molecule has 1 heterocycles. The lowest BCUT2D eigenvalue weighted by Crippen LogP contribution is -2.17. The zero-order chi connectivity index (χ0) is 22.4. The molecule has 0 fully saturated rings. The van der Waals surface area contributed by atoms with Gasteiger partial charge in [-0.1, -0.05) is 6.07 Å². The van der Waals surface area contributed by atoms with Gasteiger partial charge in [0.05, 0.1) is 25.5 Å². The van der Waals surface area contributed by atoms with Gasteiger partial charge in [0.1, 0.15) is 5.75 Å². The van der Waals surface area contributed by atoms with E-state index in [-0.39, 0.29) is 11.9 Å². The van der Waals surface area contributed by atoms with E-state index in [1.165, 1.54) is 7.11 Å². The molecule has 0 radical (unpaired) electrons. The van der Waals surface area contributed by atoms with Gasteiger partial charge in [-0.2, -0.15) is 5.10 Å². The molecular weight excluding hydrogens is 394 g/mol. The number of carbonyl (C=O) groups excluding carboxylic acids is 2. The molecule has 7 heteroatoms. The van der Waals surface area contributed by atoms with Gasteiger partial charge in [0.15, 0.2) is 0 Å². The minimum Gasteiger partial charge on any atom is -0.494 e. The van der Waals surface area contributed by atoms with Crippen LogP contribution in [0.3, 0.4) is 0 Å². The monoisotopic (exact) mass is 419 g/mol. The van der Waals surface area contributed by atoms with Crippen molar-refractivity contribution in [2.24, 2.45) is 5.10 Å². The largest absolute Gasteiger partial charge is 0.494 e. The first-order valence-corrected chi connectivity index (χ1v) is 9.88. The third-order valence-corrected chi connectivity index (χ3v) is 4.79. The molecule has 0 saturated heterocycles. The summed E-state index contributed by atoms with van der Waals surface area (Å²) in [5.74, 6) is 0.0215. The van der Waals surface area contributed by atoms with Crippen LogP contribution in [0.5, 0.6) is 5.75 Å². The van der Waals surface area contributed by atoms with E-state index in [4.69, 9.17) is 9.47 Å². The molecule has 0 saturated carbocycles. The van der Waals surface area contributed by atoms with Crippen molar-refractivity contribution in [1.82, 2.24) is 9.99 Å². The average molecular weight is 419 g/mol. The molecule has 0 atom stereocenters. The summed E-state index contributed by atoms with van der Waals surface area (Å²) in [4.78, 5) is 24.1. The Morgan fingerprint density at radius 3 is 2.48 bits per heavy atom. The van der Waals surface area contributed by atoms with Gasteiger partial charge in [0, 0.05) is 28.2 Å². The number of aromatic nitrogens is 1. The quantitative estimate of drug-likeness (QED) is 0.356. The number of methoxy groups -OCH3 is 1. The van der Waals surface area contributed by atoms with Gasteiger partial charge in [-0.25, -0.2) is 10.2 Å².